The molecule has 1 amide bonds. The predicted molar refractivity (Wildman–Crippen MR) is 124 cm³/mol. The molecule has 1 aromatic heterocycles. The molecular formula is C23H16N4O4S. The number of rotatable bonds is 4. The van der Waals surface area contributed by atoms with Gasteiger partial charge in [0.15, 0.2) is 11.3 Å². The summed E-state index contributed by atoms with van der Waals surface area (Å²) in [5.74, 6) is -0.0408. The highest BCUT2D eigenvalue weighted by Gasteiger charge is 2.36. The summed E-state index contributed by atoms with van der Waals surface area (Å²) in [4.78, 5) is 29.4. The Kier molecular flexibility index (Phi) is 4.95. The molecule has 2 aromatic carbocycles. The van der Waals surface area contributed by atoms with E-state index in [2.05, 4.69) is 10.1 Å². The van der Waals surface area contributed by atoms with Gasteiger partial charge in [0.05, 0.1) is 16.5 Å². The molecule has 0 bridgehead atoms. The second-order valence-corrected chi connectivity index (χ2v) is 8.12. The van der Waals surface area contributed by atoms with Crippen molar-refractivity contribution in [1.29, 1.82) is 5.41 Å². The number of hydrazone groups is 1. The fraction of sp³-hybridized carbons (Fsp3) is 0.0870. The molecule has 2 aliphatic heterocycles. The summed E-state index contributed by atoms with van der Waals surface area (Å²) >= 11 is 1.17. The summed E-state index contributed by atoms with van der Waals surface area (Å²) in [6, 6.07) is 14.5. The molecule has 0 atom stereocenters. The van der Waals surface area contributed by atoms with Crippen molar-refractivity contribution in [3.8, 4) is 5.75 Å². The van der Waals surface area contributed by atoms with E-state index in [0.717, 1.165) is 11.3 Å². The number of thioether (sulfide) groups is 1. The third-order valence-electron chi connectivity index (χ3n) is 4.95. The van der Waals surface area contributed by atoms with Crippen LogP contribution in [-0.4, -0.2) is 33.6 Å². The van der Waals surface area contributed by atoms with E-state index in [-0.39, 0.29) is 34.2 Å². The first-order chi connectivity index (χ1) is 15.5. The second kappa shape index (κ2) is 7.93. The van der Waals surface area contributed by atoms with Crippen LogP contribution in [0.25, 0.3) is 17.0 Å². The molecule has 0 saturated carbocycles. The van der Waals surface area contributed by atoms with Crippen LogP contribution in [0.3, 0.4) is 0 Å². The Morgan fingerprint density at radius 3 is 2.78 bits per heavy atom. The zero-order valence-electron chi connectivity index (χ0n) is 16.9. The van der Waals surface area contributed by atoms with Gasteiger partial charge in [-0.25, -0.2) is 0 Å². The molecule has 158 valence electrons. The molecule has 2 aliphatic rings. The fourth-order valence-corrected chi connectivity index (χ4v) is 4.09. The quantitative estimate of drug-likeness (QED) is 0.613. The smallest absolute Gasteiger partial charge is 0.283 e. The van der Waals surface area contributed by atoms with Gasteiger partial charge in [-0.05, 0) is 48.5 Å². The van der Waals surface area contributed by atoms with Gasteiger partial charge in [-0.2, -0.15) is 15.1 Å². The van der Waals surface area contributed by atoms with Crippen LogP contribution in [0, 0.1) is 12.3 Å². The maximum atomic E-state index is 12.8. The third-order valence-corrected chi connectivity index (χ3v) is 5.83. The van der Waals surface area contributed by atoms with Gasteiger partial charge in [0, 0.05) is 0 Å². The number of hydrogen-bond donors (Lipinski definition) is 1. The summed E-state index contributed by atoms with van der Waals surface area (Å²) in [7, 11) is 0. The molecule has 32 heavy (non-hydrogen) atoms. The lowest BCUT2D eigenvalue weighted by molar-refractivity contribution is -0.114. The zero-order valence-corrected chi connectivity index (χ0v) is 17.7. The Bertz CT molecular complexity index is 1440. The number of aliphatic imine (C=N–C) groups is 1. The Morgan fingerprint density at radius 2 is 1.94 bits per heavy atom. The fourth-order valence-electron chi connectivity index (χ4n) is 3.30. The van der Waals surface area contributed by atoms with Crippen molar-refractivity contribution < 1.29 is 13.9 Å². The van der Waals surface area contributed by atoms with Crippen molar-refractivity contribution in [3.05, 3.63) is 81.7 Å². The average Bonchev–Trinajstić information content (AvgIpc) is 3.20. The number of fused-ring (bicyclic) bond motifs is 2. The zero-order chi connectivity index (χ0) is 22.2. The van der Waals surface area contributed by atoms with Crippen molar-refractivity contribution in [2.45, 2.75) is 6.92 Å². The van der Waals surface area contributed by atoms with Gasteiger partial charge in [0.25, 0.3) is 5.91 Å². The van der Waals surface area contributed by atoms with Gasteiger partial charge >= 0.3 is 0 Å². The highest BCUT2D eigenvalue weighted by Crippen LogP contribution is 2.29. The maximum Gasteiger partial charge on any atom is 0.283 e. The van der Waals surface area contributed by atoms with Gasteiger partial charge < -0.3 is 9.15 Å². The molecule has 9 heteroatoms. The Morgan fingerprint density at radius 1 is 1.16 bits per heavy atom. The molecule has 0 spiro atoms. The predicted octanol–water partition coefficient (Wildman–Crippen LogP) is 3.80. The number of amidine groups is 2. The van der Waals surface area contributed by atoms with Crippen molar-refractivity contribution in [1.82, 2.24) is 5.01 Å². The average molecular weight is 444 g/mol. The van der Waals surface area contributed by atoms with Crippen LogP contribution in [0.4, 0.5) is 0 Å². The molecule has 3 aromatic rings. The molecule has 8 nitrogen and oxygen atoms in total. The van der Waals surface area contributed by atoms with Crippen molar-refractivity contribution in [2.75, 3.05) is 6.61 Å². The lowest BCUT2D eigenvalue weighted by atomic mass is 10.1. The molecular weight excluding hydrogens is 428 g/mol. The van der Waals surface area contributed by atoms with Crippen LogP contribution in [0.1, 0.15) is 11.1 Å². The standard InChI is InChI=1S/C23H16N4O4S/c1-13-6-2-4-8-17(13)31-12-19-26-27-21(24)16(22(29)25-23(27)32-19)10-14-11-30-18-9-5-3-7-15(18)20(14)28/h2-11,24H,12H2,1H3/b16-10+,24-21?. The van der Waals surface area contributed by atoms with Crippen molar-refractivity contribution in [2.24, 2.45) is 10.1 Å². The van der Waals surface area contributed by atoms with Gasteiger partial charge in [-0.1, -0.05) is 30.3 Å². The van der Waals surface area contributed by atoms with Crippen molar-refractivity contribution >= 4 is 50.8 Å². The number of nitrogens with one attached hydrogen (secondary N) is 1. The van der Waals surface area contributed by atoms with Crippen LogP contribution in [0.5, 0.6) is 5.75 Å². The lowest BCUT2D eigenvalue weighted by Crippen LogP contribution is -2.35. The Balaban J connectivity index is 1.42. The highest BCUT2D eigenvalue weighted by molar-refractivity contribution is 8.27. The Labute approximate surface area is 186 Å². The summed E-state index contributed by atoms with van der Waals surface area (Å²) in [6.45, 7) is 2.13. The lowest BCUT2D eigenvalue weighted by Gasteiger charge is -2.20. The number of ether oxygens (including phenoxy) is 1. The monoisotopic (exact) mass is 444 g/mol. The topological polar surface area (TPSA) is 108 Å². The molecule has 0 aliphatic carbocycles. The van der Waals surface area contributed by atoms with E-state index in [1.165, 1.54) is 29.1 Å². The van der Waals surface area contributed by atoms with E-state index < -0.39 is 5.91 Å². The first-order valence-electron chi connectivity index (χ1n) is 9.69. The Hall–Kier alpha value is -3.98. The number of benzene rings is 2. The molecule has 0 saturated heterocycles. The van der Waals surface area contributed by atoms with Crippen LogP contribution in [-0.2, 0) is 4.79 Å². The van der Waals surface area contributed by atoms with E-state index in [0.29, 0.717) is 16.0 Å². The second-order valence-electron chi connectivity index (χ2n) is 7.08. The first-order valence-corrected chi connectivity index (χ1v) is 10.5. The maximum absolute atomic E-state index is 12.8. The first kappa shape index (κ1) is 20.0. The van der Waals surface area contributed by atoms with Gasteiger partial charge in [0.2, 0.25) is 5.17 Å². The molecule has 0 radical (unpaired) electrons. The minimum atomic E-state index is -0.613. The summed E-state index contributed by atoms with van der Waals surface area (Å²) in [6.07, 6.45) is 2.60. The number of hydrogen-bond acceptors (Lipinski definition) is 7. The highest BCUT2D eigenvalue weighted by atomic mass is 32.2. The van der Waals surface area contributed by atoms with Gasteiger partial charge in [0.1, 0.15) is 29.2 Å². The van der Waals surface area contributed by atoms with Crippen LogP contribution < -0.4 is 10.2 Å². The number of nitrogens with zero attached hydrogens (tertiary/aromatic N) is 3. The van der Waals surface area contributed by atoms with Crippen LogP contribution >= 0.6 is 11.8 Å². The number of aryl methyl sites for hydroxylation is 1. The van der Waals surface area contributed by atoms with Gasteiger partial charge in [-0.15, -0.1) is 0 Å². The minimum Gasteiger partial charge on any atom is -0.486 e. The number of amides is 1. The summed E-state index contributed by atoms with van der Waals surface area (Å²) in [5, 5.41) is 15.4. The molecule has 1 N–H and O–H groups in total. The van der Waals surface area contributed by atoms with E-state index in [1.54, 1.807) is 24.3 Å². The molecule has 5 rings (SSSR count). The van der Waals surface area contributed by atoms with Crippen molar-refractivity contribution in [3.63, 3.8) is 0 Å². The van der Waals surface area contributed by atoms with E-state index in [4.69, 9.17) is 14.6 Å². The van der Waals surface area contributed by atoms with Crippen LogP contribution in [0.2, 0.25) is 0 Å². The number of carbonyl (C=O) groups is 1. The SMILES string of the molecule is Cc1ccccc1OCC1=NN2C(=N)/C(=C\c3coc4ccccc4c3=O)C(=O)N=C2S1. The minimum absolute atomic E-state index is 0.0400. The summed E-state index contributed by atoms with van der Waals surface area (Å²) in [5.41, 5.74) is 1.27. The van der Waals surface area contributed by atoms with Crippen LogP contribution in [0.15, 0.2) is 79.7 Å². The molecule has 0 fully saturated rings. The van der Waals surface area contributed by atoms with Gasteiger partial charge in [-0.3, -0.25) is 15.0 Å². The number of carbonyl (C=O) groups excluding carboxylic acids is 1. The molecule has 3 heterocycles. The van der Waals surface area contributed by atoms with E-state index >= 15 is 0 Å². The summed E-state index contributed by atoms with van der Waals surface area (Å²) < 4.78 is 11.3. The third kappa shape index (κ3) is 3.52. The normalized spacial score (nSPS) is 16.9. The largest absolute Gasteiger partial charge is 0.486 e. The number of para-hydroxylation sites is 2. The van der Waals surface area contributed by atoms with E-state index in [1.807, 2.05) is 31.2 Å². The molecule has 0 unspecified atom stereocenters. The van der Waals surface area contributed by atoms with E-state index in [9.17, 15) is 9.59 Å².